The van der Waals surface area contributed by atoms with E-state index in [0.29, 0.717) is 16.8 Å². The first-order valence-corrected chi connectivity index (χ1v) is 6.09. The first-order valence-electron chi connectivity index (χ1n) is 4.24. The van der Waals surface area contributed by atoms with E-state index in [0.717, 1.165) is 10.2 Å². The second-order valence-corrected chi connectivity index (χ2v) is 5.02. The van der Waals surface area contributed by atoms with Crippen LogP contribution in [0.3, 0.4) is 0 Å². The van der Waals surface area contributed by atoms with E-state index in [4.69, 9.17) is 4.74 Å². The summed E-state index contributed by atoms with van der Waals surface area (Å²) in [6.45, 7) is 0. The molecule has 1 aromatic carbocycles. The van der Waals surface area contributed by atoms with Crippen molar-refractivity contribution in [1.82, 2.24) is 8.96 Å². The summed E-state index contributed by atoms with van der Waals surface area (Å²) in [6.07, 6.45) is 2.42. The van der Waals surface area contributed by atoms with Crippen molar-refractivity contribution < 1.29 is 13.2 Å². The number of rotatable bonds is 2. The Morgan fingerprint density at radius 2 is 2.13 bits per heavy atom. The molecule has 1 aromatic heterocycles. The molecular formula is C9H10N2O3S. The summed E-state index contributed by atoms with van der Waals surface area (Å²) in [4.78, 5) is 3.99. The Labute approximate surface area is 87.4 Å². The molecule has 0 N–H and O–H groups in total. The van der Waals surface area contributed by atoms with Crippen LogP contribution < -0.4 is 4.74 Å². The Hall–Kier alpha value is -1.56. The average Bonchev–Trinajstić information content (AvgIpc) is 2.59. The highest BCUT2D eigenvalue weighted by Gasteiger charge is 2.11. The molecule has 15 heavy (non-hydrogen) atoms. The van der Waals surface area contributed by atoms with Crippen LogP contribution >= 0.6 is 0 Å². The molecule has 0 aliphatic carbocycles. The number of methoxy groups -OCH3 is 1. The fraction of sp³-hybridized carbons (Fsp3) is 0.222. The van der Waals surface area contributed by atoms with E-state index in [1.807, 2.05) is 0 Å². The van der Waals surface area contributed by atoms with E-state index >= 15 is 0 Å². The fourth-order valence-electron chi connectivity index (χ4n) is 1.36. The molecule has 0 unspecified atom stereocenters. The molecule has 80 valence electrons. The van der Waals surface area contributed by atoms with Crippen LogP contribution in [0, 0.1) is 0 Å². The molecule has 6 heteroatoms. The number of benzene rings is 1. The second kappa shape index (κ2) is 3.23. The zero-order chi connectivity index (χ0) is 11.1. The summed E-state index contributed by atoms with van der Waals surface area (Å²) in [7, 11) is -1.78. The number of ether oxygens (including phenoxy) is 1. The molecule has 0 atom stereocenters. The normalized spacial score (nSPS) is 11.9. The molecule has 0 aliphatic rings. The lowest BCUT2D eigenvalue weighted by Crippen LogP contribution is -2.08. The summed E-state index contributed by atoms with van der Waals surface area (Å²) in [6, 6.07) is 5.10. The number of hydrogen-bond acceptors (Lipinski definition) is 4. The summed E-state index contributed by atoms with van der Waals surface area (Å²) in [5.41, 5.74) is 1.15. The fourth-order valence-corrected chi connectivity index (χ4v) is 2.08. The van der Waals surface area contributed by atoms with Gasteiger partial charge in [-0.3, -0.25) is 0 Å². The minimum absolute atomic E-state index is 0.525. The zero-order valence-corrected chi connectivity index (χ0v) is 9.15. The third-order valence-corrected chi connectivity index (χ3v) is 3.08. The van der Waals surface area contributed by atoms with Crippen molar-refractivity contribution >= 4 is 21.1 Å². The molecule has 0 saturated carbocycles. The van der Waals surface area contributed by atoms with Crippen LogP contribution in [0.2, 0.25) is 0 Å². The molecule has 0 spiro atoms. The van der Waals surface area contributed by atoms with Gasteiger partial charge in [-0.2, -0.15) is 0 Å². The van der Waals surface area contributed by atoms with Crippen molar-refractivity contribution in [3.63, 3.8) is 0 Å². The van der Waals surface area contributed by atoms with Crippen LogP contribution in [0.4, 0.5) is 0 Å². The third kappa shape index (κ3) is 1.68. The maximum atomic E-state index is 11.4. The van der Waals surface area contributed by atoms with Gasteiger partial charge in [-0.25, -0.2) is 17.4 Å². The van der Waals surface area contributed by atoms with Gasteiger partial charge in [-0.05, 0) is 12.1 Å². The highest BCUT2D eigenvalue weighted by molar-refractivity contribution is 7.89. The zero-order valence-electron chi connectivity index (χ0n) is 8.34. The van der Waals surface area contributed by atoms with Gasteiger partial charge in [0.15, 0.2) is 0 Å². The Kier molecular flexibility index (Phi) is 2.15. The smallest absolute Gasteiger partial charge is 0.237 e. The minimum atomic E-state index is -3.31. The number of aromatic nitrogens is 2. The Morgan fingerprint density at radius 1 is 1.40 bits per heavy atom. The molecule has 0 radical (unpaired) electrons. The molecule has 0 amide bonds. The van der Waals surface area contributed by atoms with Gasteiger partial charge in [0, 0.05) is 6.07 Å². The first kappa shape index (κ1) is 9.97. The number of nitrogens with zero attached hydrogens (tertiary/aromatic N) is 2. The molecular weight excluding hydrogens is 216 g/mol. The minimum Gasteiger partial charge on any atom is -0.497 e. The van der Waals surface area contributed by atoms with Crippen molar-refractivity contribution in [2.24, 2.45) is 0 Å². The summed E-state index contributed by atoms with van der Waals surface area (Å²) in [5, 5.41) is 0. The van der Waals surface area contributed by atoms with Crippen molar-refractivity contribution in [3.8, 4) is 5.75 Å². The van der Waals surface area contributed by atoms with E-state index in [2.05, 4.69) is 4.98 Å². The Bertz CT molecular complexity index is 601. The van der Waals surface area contributed by atoms with Crippen molar-refractivity contribution in [2.75, 3.05) is 13.4 Å². The average molecular weight is 226 g/mol. The summed E-state index contributed by atoms with van der Waals surface area (Å²) >= 11 is 0. The molecule has 0 saturated heterocycles. The van der Waals surface area contributed by atoms with Gasteiger partial charge in [0.05, 0.1) is 24.4 Å². The summed E-state index contributed by atoms with van der Waals surface area (Å²) in [5.74, 6) is 0.605. The molecule has 0 bridgehead atoms. The largest absolute Gasteiger partial charge is 0.497 e. The van der Waals surface area contributed by atoms with Gasteiger partial charge in [-0.1, -0.05) is 0 Å². The predicted octanol–water partition coefficient (Wildman–Crippen LogP) is 0.853. The number of hydrogen-bond donors (Lipinski definition) is 0. The Morgan fingerprint density at radius 3 is 2.73 bits per heavy atom. The highest BCUT2D eigenvalue weighted by atomic mass is 32.2. The SMILES string of the molecule is COc1ccc2ncn(S(C)(=O)=O)c2c1. The lowest BCUT2D eigenvalue weighted by atomic mass is 10.3. The maximum absolute atomic E-state index is 11.4. The second-order valence-electron chi connectivity index (χ2n) is 3.16. The van der Waals surface area contributed by atoms with Crippen LogP contribution in [0.25, 0.3) is 11.0 Å². The molecule has 2 aromatic rings. The standard InChI is InChI=1S/C9H10N2O3S/c1-14-7-3-4-8-9(5-7)11(6-10-8)15(2,12)13/h3-6H,1-2H3. The van der Waals surface area contributed by atoms with E-state index < -0.39 is 10.0 Å². The van der Waals surface area contributed by atoms with Crippen molar-refractivity contribution in [3.05, 3.63) is 24.5 Å². The van der Waals surface area contributed by atoms with Crippen LogP contribution in [0.1, 0.15) is 0 Å². The van der Waals surface area contributed by atoms with Gasteiger partial charge in [0.25, 0.3) is 0 Å². The van der Waals surface area contributed by atoms with E-state index in [-0.39, 0.29) is 0 Å². The van der Waals surface area contributed by atoms with E-state index in [9.17, 15) is 8.42 Å². The van der Waals surface area contributed by atoms with Crippen molar-refractivity contribution in [2.45, 2.75) is 0 Å². The topological polar surface area (TPSA) is 61.2 Å². The number of imidazole rings is 1. The van der Waals surface area contributed by atoms with Gasteiger partial charge in [0.2, 0.25) is 10.0 Å². The number of fused-ring (bicyclic) bond motifs is 1. The molecule has 0 fully saturated rings. The van der Waals surface area contributed by atoms with Gasteiger partial charge >= 0.3 is 0 Å². The summed E-state index contributed by atoms with van der Waals surface area (Å²) < 4.78 is 28.9. The monoisotopic (exact) mass is 226 g/mol. The van der Waals surface area contributed by atoms with Crippen LogP contribution in [0.5, 0.6) is 5.75 Å². The van der Waals surface area contributed by atoms with Crippen LogP contribution in [-0.2, 0) is 10.0 Å². The Balaban J connectivity index is 2.78. The lowest BCUT2D eigenvalue weighted by Gasteiger charge is -2.02. The first-order chi connectivity index (χ1) is 7.02. The van der Waals surface area contributed by atoms with Gasteiger partial charge in [0.1, 0.15) is 12.1 Å². The molecule has 2 rings (SSSR count). The highest BCUT2D eigenvalue weighted by Crippen LogP contribution is 2.20. The maximum Gasteiger partial charge on any atom is 0.237 e. The quantitative estimate of drug-likeness (QED) is 0.761. The molecule has 5 nitrogen and oxygen atoms in total. The van der Waals surface area contributed by atoms with Crippen molar-refractivity contribution in [1.29, 1.82) is 0 Å². The van der Waals surface area contributed by atoms with Gasteiger partial charge < -0.3 is 4.74 Å². The van der Waals surface area contributed by atoms with E-state index in [1.165, 1.54) is 13.4 Å². The lowest BCUT2D eigenvalue weighted by molar-refractivity contribution is 0.415. The van der Waals surface area contributed by atoms with Gasteiger partial charge in [-0.15, -0.1) is 0 Å². The van der Waals surface area contributed by atoms with E-state index in [1.54, 1.807) is 18.2 Å². The molecule has 1 heterocycles. The van der Waals surface area contributed by atoms with Crippen LogP contribution in [0.15, 0.2) is 24.5 Å². The molecule has 0 aliphatic heterocycles. The van der Waals surface area contributed by atoms with Crippen LogP contribution in [-0.4, -0.2) is 30.7 Å². The predicted molar refractivity (Wildman–Crippen MR) is 56.5 cm³/mol. The third-order valence-electron chi connectivity index (χ3n) is 2.08.